The van der Waals surface area contributed by atoms with Crippen molar-refractivity contribution in [3.05, 3.63) is 48.5 Å². The normalized spacial score (nSPS) is 10.1. The number of hydrogen-bond acceptors (Lipinski definition) is 5. The first-order valence-electron chi connectivity index (χ1n) is 8.55. The Bertz CT molecular complexity index is 822. The van der Waals surface area contributed by atoms with Crippen LogP contribution in [0.15, 0.2) is 53.4 Å². The number of thioether (sulfide) groups is 1. The molecule has 0 unspecified atom stereocenters. The molecule has 0 fully saturated rings. The highest BCUT2D eigenvalue weighted by atomic mass is 32.2. The first-order valence-corrected chi connectivity index (χ1v) is 9.54. The van der Waals surface area contributed by atoms with Crippen LogP contribution < -0.4 is 15.4 Å². The lowest BCUT2D eigenvalue weighted by Crippen LogP contribution is -2.35. The molecule has 2 rings (SSSR count). The van der Waals surface area contributed by atoms with E-state index < -0.39 is 0 Å². The lowest BCUT2D eigenvalue weighted by atomic mass is 10.3. The third-order valence-electron chi connectivity index (χ3n) is 3.72. The third kappa shape index (κ3) is 6.96. The molecule has 0 atom stereocenters. The minimum atomic E-state index is -0.273. The van der Waals surface area contributed by atoms with Crippen molar-refractivity contribution >= 4 is 40.9 Å². The maximum Gasteiger partial charge on any atom is 0.243 e. The number of methoxy groups -OCH3 is 1. The van der Waals surface area contributed by atoms with E-state index in [4.69, 9.17) is 4.74 Å². The summed E-state index contributed by atoms with van der Waals surface area (Å²) >= 11 is 1.37. The molecule has 3 amide bonds. The van der Waals surface area contributed by atoms with Crippen LogP contribution in [0.2, 0.25) is 0 Å². The molecule has 0 aliphatic heterocycles. The number of benzene rings is 2. The van der Waals surface area contributed by atoms with Crippen LogP contribution in [0.3, 0.4) is 0 Å². The molecule has 2 aromatic carbocycles. The van der Waals surface area contributed by atoms with Gasteiger partial charge in [-0.2, -0.15) is 0 Å². The number of amides is 3. The molecular formula is C20H23N3O4S. The van der Waals surface area contributed by atoms with Crippen molar-refractivity contribution in [1.29, 1.82) is 0 Å². The topological polar surface area (TPSA) is 87.7 Å². The van der Waals surface area contributed by atoms with Gasteiger partial charge in [0.2, 0.25) is 17.7 Å². The van der Waals surface area contributed by atoms with Crippen LogP contribution >= 0.6 is 11.8 Å². The van der Waals surface area contributed by atoms with E-state index in [-0.39, 0.29) is 30.0 Å². The number of anilines is 2. The van der Waals surface area contributed by atoms with Crippen molar-refractivity contribution in [3.8, 4) is 5.75 Å². The van der Waals surface area contributed by atoms with Crippen molar-refractivity contribution in [2.45, 2.75) is 11.8 Å². The number of nitrogens with one attached hydrogen (secondary N) is 2. The van der Waals surface area contributed by atoms with Crippen molar-refractivity contribution in [2.24, 2.45) is 0 Å². The monoisotopic (exact) mass is 401 g/mol. The maximum absolute atomic E-state index is 12.3. The van der Waals surface area contributed by atoms with Crippen LogP contribution in [0.5, 0.6) is 5.75 Å². The molecule has 0 aromatic heterocycles. The summed E-state index contributed by atoms with van der Waals surface area (Å²) in [5.41, 5.74) is 1.34. The molecule has 0 aliphatic rings. The van der Waals surface area contributed by atoms with E-state index in [9.17, 15) is 14.4 Å². The summed E-state index contributed by atoms with van der Waals surface area (Å²) in [6, 6.07) is 14.2. The Kier molecular flexibility index (Phi) is 7.88. The molecule has 0 saturated carbocycles. The average molecular weight is 401 g/mol. The molecule has 0 radical (unpaired) electrons. The highest BCUT2D eigenvalue weighted by molar-refractivity contribution is 8.00. The highest BCUT2D eigenvalue weighted by Crippen LogP contribution is 2.20. The van der Waals surface area contributed by atoms with E-state index >= 15 is 0 Å². The zero-order valence-corrected chi connectivity index (χ0v) is 16.8. The summed E-state index contributed by atoms with van der Waals surface area (Å²) in [5.74, 6) is 0.357. The van der Waals surface area contributed by atoms with E-state index in [1.54, 1.807) is 50.6 Å². The number of hydrogen-bond donors (Lipinski definition) is 2. The quantitative estimate of drug-likeness (QED) is 0.664. The Labute approximate surface area is 168 Å². The van der Waals surface area contributed by atoms with Gasteiger partial charge in [0.15, 0.2) is 0 Å². The van der Waals surface area contributed by atoms with Crippen LogP contribution in [0.25, 0.3) is 0 Å². The Morgan fingerprint density at radius 1 is 0.964 bits per heavy atom. The number of ether oxygens (including phenoxy) is 1. The summed E-state index contributed by atoms with van der Waals surface area (Å²) < 4.78 is 5.07. The van der Waals surface area contributed by atoms with Gasteiger partial charge in [-0.3, -0.25) is 14.4 Å². The Balaban J connectivity index is 1.78. The third-order valence-corrected chi connectivity index (χ3v) is 4.71. The molecule has 0 saturated heterocycles. The van der Waals surface area contributed by atoms with Crippen molar-refractivity contribution < 1.29 is 19.1 Å². The van der Waals surface area contributed by atoms with Crippen molar-refractivity contribution in [1.82, 2.24) is 4.90 Å². The van der Waals surface area contributed by atoms with Gasteiger partial charge >= 0.3 is 0 Å². The van der Waals surface area contributed by atoms with Gasteiger partial charge in [0, 0.05) is 30.2 Å². The van der Waals surface area contributed by atoms with E-state index in [1.807, 2.05) is 12.1 Å². The van der Waals surface area contributed by atoms with Crippen LogP contribution in [-0.2, 0) is 14.4 Å². The van der Waals surface area contributed by atoms with Crippen LogP contribution in [-0.4, -0.2) is 49.1 Å². The minimum Gasteiger partial charge on any atom is -0.497 e. The lowest BCUT2D eigenvalue weighted by Gasteiger charge is -2.17. The number of nitrogens with zero attached hydrogens (tertiary/aromatic N) is 1. The Morgan fingerprint density at radius 3 is 2.11 bits per heavy atom. The molecule has 2 N–H and O–H groups in total. The SMILES string of the molecule is COc1ccc(NC(=O)CN(C)C(=O)CSc2ccc(NC(C)=O)cc2)cc1. The maximum atomic E-state index is 12.3. The van der Waals surface area contributed by atoms with Crippen LogP contribution in [0, 0.1) is 0 Å². The van der Waals surface area contributed by atoms with E-state index in [0.717, 1.165) is 4.90 Å². The van der Waals surface area contributed by atoms with E-state index in [0.29, 0.717) is 17.1 Å². The summed E-state index contributed by atoms with van der Waals surface area (Å²) in [4.78, 5) is 37.7. The molecule has 148 valence electrons. The molecule has 0 spiro atoms. The van der Waals surface area contributed by atoms with Gasteiger partial charge < -0.3 is 20.3 Å². The second-order valence-corrected chi connectivity index (χ2v) is 7.07. The second-order valence-electron chi connectivity index (χ2n) is 6.02. The smallest absolute Gasteiger partial charge is 0.243 e. The Hall–Kier alpha value is -3.00. The van der Waals surface area contributed by atoms with Gasteiger partial charge in [0.05, 0.1) is 19.4 Å². The molecular weight excluding hydrogens is 378 g/mol. The van der Waals surface area contributed by atoms with Gasteiger partial charge in [-0.1, -0.05) is 0 Å². The first kappa shape index (κ1) is 21.3. The molecule has 8 heteroatoms. The number of carbonyl (C=O) groups excluding carboxylic acids is 3. The average Bonchev–Trinajstić information content (AvgIpc) is 2.67. The first-order chi connectivity index (χ1) is 13.4. The van der Waals surface area contributed by atoms with Crippen LogP contribution in [0.4, 0.5) is 11.4 Å². The minimum absolute atomic E-state index is 0.0348. The summed E-state index contributed by atoms with van der Waals surface area (Å²) in [5, 5.41) is 5.43. The lowest BCUT2D eigenvalue weighted by molar-refractivity contribution is -0.131. The van der Waals surface area contributed by atoms with Crippen molar-refractivity contribution in [3.63, 3.8) is 0 Å². The predicted molar refractivity (Wildman–Crippen MR) is 111 cm³/mol. The fourth-order valence-corrected chi connectivity index (χ4v) is 3.11. The van der Waals surface area contributed by atoms with Gasteiger partial charge in [-0.05, 0) is 48.5 Å². The van der Waals surface area contributed by atoms with Gasteiger partial charge in [-0.15, -0.1) is 11.8 Å². The summed E-state index contributed by atoms with van der Waals surface area (Å²) in [6.45, 7) is 1.41. The molecule has 28 heavy (non-hydrogen) atoms. The van der Waals surface area contributed by atoms with Gasteiger partial charge in [0.1, 0.15) is 5.75 Å². The van der Waals surface area contributed by atoms with Gasteiger partial charge in [0.25, 0.3) is 0 Å². The highest BCUT2D eigenvalue weighted by Gasteiger charge is 2.13. The fraction of sp³-hybridized carbons (Fsp3) is 0.250. The summed E-state index contributed by atoms with van der Waals surface area (Å²) in [7, 11) is 3.17. The molecule has 0 bridgehead atoms. The van der Waals surface area contributed by atoms with Gasteiger partial charge in [-0.25, -0.2) is 0 Å². The summed E-state index contributed by atoms with van der Waals surface area (Å²) in [6.07, 6.45) is 0. The Morgan fingerprint density at radius 2 is 1.54 bits per heavy atom. The zero-order chi connectivity index (χ0) is 20.5. The largest absolute Gasteiger partial charge is 0.497 e. The molecule has 2 aromatic rings. The predicted octanol–water partition coefficient (Wildman–Crippen LogP) is 2.84. The van der Waals surface area contributed by atoms with E-state index in [1.165, 1.54) is 23.6 Å². The second kappa shape index (κ2) is 10.4. The molecule has 0 aliphatic carbocycles. The van der Waals surface area contributed by atoms with Crippen molar-refractivity contribution in [2.75, 3.05) is 37.1 Å². The number of carbonyl (C=O) groups is 3. The van der Waals surface area contributed by atoms with E-state index in [2.05, 4.69) is 10.6 Å². The molecule has 0 heterocycles. The number of likely N-dealkylation sites (N-methyl/N-ethyl adjacent to an activating group) is 1. The fourth-order valence-electron chi connectivity index (χ4n) is 2.27. The number of rotatable bonds is 8. The molecule has 7 nitrogen and oxygen atoms in total. The van der Waals surface area contributed by atoms with Crippen LogP contribution in [0.1, 0.15) is 6.92 Å². The zero-order valence-electron chi connectivity index (χ0n) is 16.0. The standard InChI is InChI=1S/C20H23N3O4S/c1-14(24)21-15-6-10-18(11-7-15)28-13-20(26)23(2)12-19(25)22-16-4-8-17(27-3)9-5-16/h4-11H,12-13H2,1-3H3,(H,21,24)(H,22,25).